The van der Waals surface area contributed by atoms with E-state index in [1.165, 1.54) is 5.56 Å². The van der Waals surface area contributed by atoms with Crippen LogP contribution in [0.25, 0.3) is 11.1 Å². The van der Waals surface area contributed by atoms with Crippen molar-refractivity contribution in [3.63, 3.8) is 0 Å². The Bertz CT molecular complexity index is 1370. The van der Waals surface area contributed by atoms with Gasteiger partial charge in [0, 0.05) is 35.4 Å². The number of nitrogens with one attached hydrogen (secondary N) is 2. The molecule has 7 heteroatoms. The van der Waals surface area contributed by atoms with Gasteiger partial charge in [-0.15, -0.1) is 0 Å². The number of hydrogen-bond donors (Lipinski definition) is 2. The van der Waals surface area contributed by atoms with Crippen LogP contribution in [0.15, 0.2) is 54.6 Å². The zero-order chi connectivity index (χ0) is 30.4. The summed E-state index contributed by atoms with van der Waals surface area (Å²) in [4.78, 5) is 33.3. The largest absolute Gasteiger partial charge is 0.445 e. The first-order chi connectivity index (χ1) is 19.9. The molecule has 0 unspecified atom stereocenters. The molecule has 1 saturated heterocycles. The van der Waals surface area contributed by atoms with Crippen molar-refractivity contribution in [2.45, 2.75) is 85.8 Å². The van der Waals surface area contributed by atoms with E-state index in [0.717, 1.165) is 52.9 Å². The maximum absolute atomic E-state index is 13.7. The number of hydrogen-bond acceptors (Lipinski definition) is 4. The molecule has 0 atom stereocenters. The Kier molecular flexibility index (Phi) is 9.92. The molecule has 1 aliphatic heterocycles. The van der Waals surface area contributed by atoms with Crippen molar-refractivity contribution in [3.05, 3.63) is 82.7 Å². The second-order valence-electron chi connectivity index (χ2n) is 12.9. The SMILES string of the molecule is Cc1ccc(-c2c(COC(=O)NC(C)(C)C)c(CC(C)C)nc(C)c2NC(=O)N2CCC(c3ccccc3)CC2)cc1. The minimum Gasteiger partial charge on any atom is -0.445 e. The molecule has 0 radical (unpaired) electrons. The number of urea groups is 1. The van der Waals surface area contributed by atoms with E-state index in [1.807, 2.05) is 45.6 Å². The van der Waals surface area contributed by atoms with Gasteiger partial charge in [-0.2, -0.15) is 0 Å². The van der Waals surface area contributed by atoms with Gasteiger partial charge in [0.15, 0.2) is 0 Å². The molecule has 0 saturated carbocycles. The zero-order valence-corrected chi connectivity index (χ0v) is 26.2. The van der Waals surface area contributed by atoms with Gasteiger partial charge in [-0.05, 0) is 76.8 Å². The van der Waals surface area contributed by atoms with Crippen LogP contribution in [0.3, 0.4) is 0 Å². The Hall–Kier alpha value is -3.87. The predicted molar refractivity (Wildman–Crippen MR) is 170 cm³/mol. The minimum absolute atomic E-state index is 0.0474. The lowest BCUT2D eigenvalue weighted by Crippen LogP contribution is -2.41. The number of likely N-dealkylation sites (tertiary alicyclic amines) is 1. The number of piperidine rings is 1. The highest BCUT2D eigenvalue weighted by atomic mass is 16.5. The summed E-state index contributed by atoms with van der Waals surface area (Å²) in [5.74, 6) is 0.802. The number of rotatable bonds is 7. The molecule has 3 amide bonds. The number of carbonyl (C=O) groups is 2. The van der Waals surface area contributed by atoms with Gasteiger partial charge in [0.05, 0.1) is 11.4 Å². The van der Waals surface area contributed by atoms with Crippen LogP contribution in [0.2, 0.25) is 0 Å². The molecule has 2 N–H and O–H groups in total. The third kappa shape index (κ3) is 8.11. The number of pyridine rings is 1. The smallest absolute Gasteiger partial charge is 0.407 e. The lowest BCUT2D eigenvalue weighted by atomic mass is 9.89. The molecule has 0 spiro atoms. The quantitative estimate of drug-likeness (QED) is 0.301. The third-order valence-electron chi connectivity index (χ3n) is 7.62. The monoisotopic (exact) mass is 570 g/mol. The number of aryl methyl sites for hydroxylation is 2. The molecule has 0 aliphatic carbocycles. The Morgan fingerprint density at radius 3 is 2.24 bits per heavy atom. The van der Waals surface area contributed by atoms with Gasteiger partial charge in [-0.25, -0.2) is 9.59 Å². The van der Waals surface area contributed by atoms with Gasteiger partial charge in [-0.3, -0.25) is 4.98 Å². The van der Waals surface area contributed by atoms with Gasteiger partial charge >= 0.3 is 12.1 Å². The summed E-state index contributed by atoms with van der Waals surface area (Å²) in [7, 11) is 0. The predicted octanol–water partition coefficient (Wildman–Crippen LogP) is 8.00. The number of aromatic nitrogens is 1. The van der Waals surface area contributed by atoms with Crippen LogP contribution >= 0.6 is 0 Å². The van der Waals surface area contributed by atoms with E-state index in [1.54, 1.807) is 0 Å². The Balaban J connectivity index is 1.67. The average molecular weight is 571 g/mol. The van der Waals surface area contributed by atoms with E-state index in [4.69, 9.17) is 9.72 Å². The highest BCUT2D eigenvalue weighted by molar-refractivity contribution is 5.96. The number of alkyl carbamates (subject to hydrolysis) is 1. The molecule has 42 heavy (non-hydrogen) atoms. The van der Waals surface area contributed by atoms with Gasteiger partial charge in [-0.1, -0.05) is 74.0 Å². The molecule has 2 heterocycles. The normalized spacial score (nSPS) is 14.1. The minimum atomic E-state index is -0.486. The van der Waals surface area contributed by atoms with Crippen LogP contribution in [0, 0.1) is 19.8 Å². The van der Waals surface area contributed by atoms with E-state index < -0.39 is 11.6 Å². The summed E-state index contributed by atoms with van der Waals surface area (Å²) in [6, 6.07) is 18.6. The first-order valence-corrected chi connectivity index (χ1v) is 15.1. The molecule has 4 rings (SSSR count). The topological polar surface area (TPSA) is 83.6 Å². The Labute approximate surface area is 251 Å². The molecule has 3 aromatic rings. The second-order valence-corrected chi connectivity index (χ2v) is 12.9. The van der Waals surface area contributed by atoms with Crippen molar-refractivity contribution in [3.8, 4) is 11.1 Å². The first kappa shape index (κ1) is 31.1. The van der Waals surface area contributed by atoms with Crippen LogP contribution in [0.4, 0.5) is 15.3 Å². The fourth-order valence-electron chi connectivity index (χ4n) is 5.51. The standard InChI is InChI=1S/C35H46N4O3/c1-23(2)21-30-29(22-42-34(41)38-35(5,6)7)31(28-15-13-24(3)14-16-28)32(25(4)36-30)37-33(40)39-19-17-27(18-20-39)26-11-9-8-10-12-26/h8-16,23,27H,17-22H2,1-7H3,(H,37,40)(H,38,41). The third-order valence-corrected chi connectivity index (χ3v) is 7.62. The van der Waals surface area contributed by atoms with Crippen molar-refractivity contribution >= 4 is 17.8 Å². The summed E-state index contributed by atoms with van der Waals surface area (Å²) in [5.41, 5.74) is 6.96. The first-order valence-electron chi connectivity index (χ1n) is 15.1. The van der Waals surface area contributed by atoms with Crippen LogP contribution in [0.5, 0.6) is 0 Å². The van der Waals surface area contributed by atoms with Crippen molar-refractivity contribution in [2.24, 2.45) is 5.92 Å². The maximum Gasteiger partial charge on any atom is 0.407 e. The van der Waals surface area contributed by atoms with Crippen molar-refractivity contribution in [1.29, 1.82) is 0 Å². The van der Waals surface area contributed by atoms with E-state index >= 15 is 0 Å². The van der Waals surface area contributed by atoms with Crippen LogP contribution < -0.4 is 10.6 Å². The van der Waals surface area contributed by atoms with E-state index in [-0.39, 0.29) is 12.6 Å². The molecule has 1 aliphatic rings. The van der Waals surface area contributed by atoms with Crippen LogP contribution in [-0.2, 0) is 17.8 Å². The molecule has 2 aromatic carbocycles. The van der Waals surface area contributed by atoms with E-state index in [2.05, 4.69) is 73.0 Å². The Morgan fingerprint density at radius 1 is 1.00 bits per heavy atom. The molecule has 1 fully saturated rings. The number of benzene rings is 2. The number of ether oxygens (including phenoxy) is 1. The maximum atomic E-state index is 13.7. The van der Waals surface area contributed by atoms with Gasteiger partial charge < -0.3 is 20.3 Å². The lowest BCUT2D eigenvalue weighted by Gasteiger charge is -2.33. The number of nitrogens with zero attached hydrogens (tertiary/aromatic N) is 2. The molecule has 1 aromatic heterocycles. The fraction of sp³-hybridized carbons (Fsp3) is 0.457. The van der Waals surface area contributed by atoms with Gasteiger partial charge in [0.25, 0.3) is 0 Å². The summed E-state index contributed by atoms with van der Waals surface area (Å²) in [5, 5.41) is 6.11. The van der Waals surface area contributed by atoms with Crippen molar-refractivity contribution in [2.75, 3.05) is 18.4 Å². The zero-order valence-electron chi connectivity index (χ0n) is 26.2. The summed E-state index contributed by atoms with van der Waals surface area (Å²) in [6.07, 6.45) is 2.09. The molecular weight excluding hydrogens is 524 g/mol. The van der Waals surface area contributed by atoms with Crippen molar-refractivity contribution in [1.82, 2.24) is 15.2 Å². The molecule has 0 bridgehead atoms. The number of anilines is 1. The molecular formula is C35H46N4O3. The summed E-state index contributed by atoms with van der Waals surface area (Å²) in [6.45, 7) is 15.5. The fourth-order valence-corrected chi connectivity index (χ4v) is 5.51. The van der Waals surface area contributed by atoms with E-state index in [9.17, 15) is 9.59 Å². The summed E-state index contributed by atoms with van der Waals surface area (Å²) >= 11 is 0. The van der Waals surface area contributed by atoms with Crippen LogP contribution in [0.1, 0.15) is 81.5 Å². The molecule has 7 nitrogen and oxygen atoms in total. The van der Waals surface area contributed by atoms with Gasteiger partial charge in [0.2, 0.25) is 0 Å². The van der Waals surface area contributed by atoms with Gasteiger partial charge in [0.1, 0.15) is 6.61 Å². The number of amides is 3. The lowest BCUT2D eigenvalue weighted by molar-refractivity contribution is 0.131. The Morgan fingerprint density at radius 2 is 1.64 bits per heavy atom. The average Bonchev–Trinajstić information content (AvgIpc) is 2.93. The van der Waals surface area contributed by atoms with Crippen LogP contribution in [-0.4, -0.2) is 40.6 Å². The second kappa shape index (κ2) is 13.4. The summed E-state index contributed by atoms with van der Waals surface area (Å²) < 4.78 is 5.77. The highest BCUT2D eigenvalue weighted by Gasteiger charge is 2.27. The van der Waals surface area contributed by atoms with E-state index in [0.29, 0.717) is 30.6 Å². The number of carbonyl (C=O) groups excluding carboxylic acids is 2. The van der Waals surface area contributed by atoms with Crippen molar-refractivity contribution < 1.29 is 14.3 Å². The highest BCUT2D eigenvalue weighted by Crippen LogP contribution is 2.37. The molecule has 224 valence electrons.